The normalized spacial score (nSPS) is 23.7. The molecule has 2 aliphatic carbocycles. The van der Waals surface area contributed by atoms with E-state index in [9.17, 15) is 4.79 Å². The van der Waals surface area contributed by atoms with Crippen molar-refractivity contribution in [3.05, 3.63) is 65.0 Å². The van der Waals surface area contributed by atoms with Gasteiger partial charge in [0, 0.05) is 24.9 Å². The SMILES string of the molecule is COc1cc2c(cc1Nc1ncc(Cl)c(N[C@H]3[C@@H](OC(N)=O)[C@@H]4C=C[C@H]3C4)n1)CCN(Cc1ncco1)CC2. The van der Waals surface area contributed by atoms with Crippen molar-refractivity contribution in [2.45, 2.75) is 38.0 Å². The van der Waals surface area contributed by atoms with Gasteiger partial charge >= 0.3 is 6.09 Å². The third kappa shape index (κ3) is 5.37. The third-order valence-electron chi connectivity index (χ3n) is 7.69. The number of benzene rings is 1. The Morgan fingerprint density at radius 3 is 2.74 bits per heavy atom. The summed E-state index contributed by atoms with van der Waals surface area (Å²) in [5.41, 5.74) is 8.58. The Morgan fingerprint density at radius 1 is 1.21 bits per heavy atom. The molecule has 3 aromatic rings. The lowest BCUT2D eigenvalue weighted by Crippen LogP contribution is -2.41. The van der Waals surface area contributed by atoms with Gasteiger partial charge in [0.1, 0.15) is 23.1 Å². The fourth-order valence-electron chi connectivity index (χ4n) is 5.82. The summed E-state index contributed by atoms with van der Waals surface area (Å²) in [6.45, 7) is 2.47. The molecule has 2 bridgehead atoms. The molecular weight excluding hydrogens is 522 g/mol. The summed E-state index contributed by atoms with van der Waals surface area (Å²) in [6, 6.07) is 3.99. The molecule has 11 nitrogen and oxygen atoms in total. The second kappa shape index (κ2) is 10.7. The van der Waals surface area contributed by atoms with E-state index in [1.165, 1.54) is 11.1 Å². The van der Waals surface area contributed by atoms with Gasteiger partial charge in [-0.05, 0) is 42.5 Å². The molecule has 0 radical (unpaired) electrons. The number of carbonyl (C=O) groups is 1. The van der Waals surface area contributed by atoms with E-state index in [1.807, 2.05) is 0 Å². The summed E-state index contributed by atoms with van der Waals surface area (Å²) >= 11 is 6.46. The predicted molar refractivity (Wildman–Crippen MR) is 145 cm³/mol. The zero-order valence-electron chi connectivity index (χ0n) is 21.5. The number of nitrogens with one attached hydrogen (secondary N) is 2. The maximum atomic E-state index is 11.5. The molecular formula is C27H30ClN7O4. The van der Waals surface area contributed by atoms with Crippen LogP contribution in [0, 0.1) is 11.8 Å². The lowest BCUT2D eigenvalue weighted by molar-refractivity contribution is 0.0853. The summed E-state index contributed by atoms with van der Waals surface area (Å²) in [4.78, 5) is 27.1. The van der Waals surface area contributed by atoms with E-state index in [0.717, 1.165) is 43.9 Å². The first-order valence-corrected chi connectivity index (χ1v) is 13.4. The highest BCUT2D eigenvalue weighted by atomic mass is 35.5. The largest absolute Gasteiger partial charge is 0.495 e. The van der Waals surface area contributed by atoms with Crippen molar-refractivity contribution in [2.75, 3.05) is 30.8 Å². The van der Waals surface area contributed by atoms with Crippen LogP contribution in [0.15, 0.2) is 47.4 Å². The number of halogens is 1. The Labute approximate surface area is 230 Å². The molecule has 1 saturated carbocycles. The molecule has 3 aliphatic rings. The summed E-state index contributed by atoms with van der Waals surface area (Å²) in [5, 5.41) is 7.05. The molecule has 2 aromatic heterocycles. The fraction of sp³-hybridized carbons (Fsp3) is 0.407. The van der Waals surface area contributed by atoms with E-state index in [2.05, 4.69) is 54.8 Å². The van der Waals surface area contributed by atoms with Crippen LogP contribution in [-0.4, -0.2) is 58.3 Å². The average molecular weight is 552 g/mol. The zero-order chi connectivity index (χ0) is 26.9. The lowest BCUT2D eigenvalue weighted by Gasteiger charge is -2.28. The van der Waals surface area contributed by atoms with Crippen LogP contribution < -0.4 is 21.1 Å². The quantitative estimate of drug-likeness (QED) is 0.353. The maximum Gasteiger partial charge on any atom is 0.404 e. The molecule has 4 N–H and O–H groups in total. The van der Waals surface area contributed by atoms with Crippen LogP contribution in [-0.2, 0) is 24.1 Å². The molecule has 1 aliphatic heterocycles. The molecule has 0 saturated heterocycles. The molecule has 1 aromatic carbocycles. The molecule has 1 fully saturated rings. The molecule has 204 valence electrons. The number of nitrogens with zero attached hydrogens (tertiary/aromatic N) is 4. The highest BCUT2D eigenvalue weighted by molar-refractivity contribution is 6.32. The summed E-state index contributed by atoms with van der Waals surface area (Å²) in [7, 11) is 1.65. The van der Waals surface area contributed by atoms with Crippen LogP contribution in [0.2, 0.25) is 5.02 Å². The van der Waals surface area contributed by atoms with Crippen molar-refractivity contribution >= 4 is 35.1 Å². The Morgan fingerprint density at radius 2 is 2.00 bits per heavy atom. The molecule has 0 unspecified atom stereocenters. The average Bonchev–Trinajstić information content (AvgIpc) is 3.64. The van der Waals surface area contributed by atoms with Gasteiger partial charge in [-0.15, -0.1) is 0 Å². The fourth-order valence-corrected chi connectivity index (χ4v) is 5.96. The first-order valence-electron chi connectivity index (χ1n) is 13.0. The number of carbonyl (C=O) groups excluding carboxylic acids is 1. The van der Waals surface area contributed by atoms with Gasteiger partial charge in [-0.3, -0.25) is 4.90 Å². The van der Waals surface area contributed by atoms with Gasteiger partial charge < -0.3 is 30.3 Å². The van der Waals surface area contributed by atoms with Gasteiger partial charge in [-0.1, -0.05) is 23.8 Å². The number of fused-ring (bicyclic) bond motifs is 3. The van der Waals surface area contributed by atoms with Crippen LogP contribution in [0.5, 0.6) is 5.75 Å². The standard InChI is InChI=1S/C27H30ClN7O4/c1-37-21-12-16-5-8-35(14-22-30-6-9-38-22)7-4-15(16)11-20(21)32-27-31-13-19(28)25(34-27)33-23-17-2-3-18(10-17)24(23)39-26(29)36/h2-3,6,9,11-13,17-18,23-24H,4-5,7-8,10,14H2,1H3,(H2,29,36)(H2,31,32,33,34)/t17-,18+,23+,24-/m0/s1. The second-order valence-corrected chi connectivity index (χ2v) is 10.5. The Hall–Kier alpha value is -3.83. The number of anilines is 3. The Kier molecular flexibility index (Phi) is 7.01. The number of nitrogens with two attached hydrogens (primary N) is 1. The highest BCUT2D eigenvalue weighted by Gasteiger charge is 2.47. The van der Waals surface area contributed by atoms with Crippen molar-refractivity contribution < 1.29 is 18.7 Å². The topological polar surface area (TPSA) is 141 Å². The van der Waals surface area contributed by atoms with Crippen LogP contribution >= 0.6 is 11.6 Å². The Balaban J connectivity index is 1.19. The monoisotopic (exact) mass is 551 g/mol. The molecule has 1 amide bonds. The van der Waals surface area contributed by atoms with Crippen molar-refractivity contribution in [2.24, 2.45) is 17.6 Å². The number of amides is 1. The minimum absolute atomic E-state index is 0.119. The van der Waals surface area contributed by atoms with Crippen LogP contribution in [0.3, 0.4) is 0 Å². The molecule has 4 atom stereocenters. The number of hydrogen-bond acceptors (Lipinski definition) is 10. The molecule has 3 heterocycles. The van der Waals surface area contributed by atoms with Gasteiger partial charge in [0.05, 0.1) is 37.8 Å². The van der Waals surface area contributed by atoms with E-state index in [0.29, 0.717) is 29.1 Å². The van der Waals surface area contributed by atoms with Gasteiger partial charge in [0.2, 0.25) is 11.8 Å². The van der Waals surface area contributed by atoms with E-state index < -0.39 is 6.09 Å². The van der Waals surface area contributed by atoms with E-state index in [1.54, 1.807) is 25.8 Å². The molecule has 0 spiro atoms. The van der Waals surface area contributed by atoms with Gasteiger partial charge in [0.15, 0.2) is 5.82 Å². The van der Waals surface area contributed by atoms with Crippen LogP contribution in [0.1, 0.15) is 23.4 Å². The van der Waals surface area contributed by atoms with Crippen molar-refractivity contribution in [1.82, 2.24) is 19.9 Å². The minimum atomic E-state index is -0.792. The number of hydrogen-bond donors (Lipinski definition) is 3. The number of rotatable bonds is 8. The van der Waals surface area contributed by atoms with E-state index >= 15 is 0 Å². The number of methoxy groups -OCH3 is 1. The summed E-state index contributed by atoms with van der Waals surface area (Å²) in [6.07, 6.45) is 10.5. The third-order valence-corrected chi connectivity index (χ3v) is 7.97. The summed E-state index contributed by atoms with van der Waals surface area (Å²) in [5.74, 6) is 2.55. The smallest absolute Gasteiger partial charge is 0.404 e. The van der Waals surface area contributed by atoms with Gasteiger partial charge in [-0.2, -0.15) is 4.98 Å². The maximum absolute atomic E-state index is 11.5. The summed E-state index contributed by atoms with van der Waals surface area (Å²) < 4.78 is 16.6. The van der Waals surface area contributed by atoms with Gasteiger partial charge in [0.25, 0.3) is 0 Å². The number of oxazole rings is 1. The predicted octanol–water partition coefficient (Wildman–Crippen LogP) is 3.92. The van der Waals surface area contributed by atoms with Gasteiger partial charge in [-0.25, -0.2) is 14.8 Å². The van der Waals surface area contributed by atoms with E-state index in [4.69, 9.17) is 31.2 Å². The van der Waals surface area contributed by atoms with Crippen molar-refractivity contribution in [1.29, 1.82) is 0 Å². The van der Waals surface area contributed by atoms with Crippen molar-refractivity contribution in [3.63, 3.8) is 0 Å². The number of ether oxygens (including phenoxy) is 2. The Bertz CT molecular complexity index is 1380. The zero-order valence-corrected chi connectivity index (χ0v) is 22.2. The van der Waals surface area contributed by atoms with Crippen molar-refractivity contribution in [3.8, 4) is 5.75 Å². The van der Waals surface area contributed by atoms with Crippen LogP contribution in [0.4, 0.5) is 22.2 Å². The first-order chi connectivity index (χ1) is 19.0. The number of aromatic nitrogens is 3. The van der Waals surface area contributed by atoms with E-state index in [-0.39, 0.29) is 24.0 Å². The molecule has 12 heteroatoms. The highest BCUT2D eigenvalue weighted by Crippen LogP contribution is 2.43. The number of primary amides is 1. The molecule has 39 heavy (non-hydrogen) atoms. The lowest BCUT2D eigenvalue weighted by atomic mass is 9.98. The minimum Gasteiger partial charge on any atom is -0.495 e. The second-order valence-electron chi connectivity index (χ2n) is 10.1. The molecule has 6 rings (SSSR count). The van der Waals surface area contributed by atoms with Crippen LogP contribution in [0.25, 0.3) is 0 Å². The first kappa shape index (κ1) is 25.4.